The molecular formula is C14H21ClN2O. The Balaban J connectivity index is 2.38. The smallest absolute Gasteiger partial charge is 0.119 e. The molecule has 3 nitrogen and oxygen atoms in total. The fourth-order valence-electron chi connectivity index (χ4n) is 1.55. The van der Waals surface area contributed by atoms with Crippen molar-refractivity contribution in [1.82, 2.24) is 0 Å². The first-order valence-corrected chi connectivity index (χ1v) is 6.44. The second-order valence-corrected chi connectivity index (χ2v) is 5.57. The molecule has 0 amide bonds. The molecule has 0 bridgehead atoms. The number of nitrogens with one attached hydrogen (secondary N) is 1. The van der Waals surface area contributed by atoms with E-state index in [1.807, 2.05) is 39.0 Å². The molecule has 1 rings (SSSR count). The van der Waals surface area contributed by atoms with E-state index >= 15 is 0 Å². The van der Waals surface area contributed by atoms with Gasteiger partial charge in [-0.25, -0.2) is 0 Å². The van der Waals surface area contributed by atoms with E-state index in [9.17, 15) is 0 Å². The van der Waals surface area contributed by atoms with E-state index in [4.69, 9.17) is 27.5 Å². The minimum Gasteiger partial charge on any atom is -0.494 e. The van der Waals surface area contributed by atoms with Gasteiger partial charge in [0.05, 0.1) is 12.4 Å². The number of nitrogens with two attached hydrogens (primary N) is 1. The zero-order chi connectivity index (χ0) is 13.8. The summed E-state index contributed by atoms with van der Waals surface area (Å²) in [5.41, 5.74) is 6.29. The maximum atomic E-state index is 7.47. The average Bonchev–Trinajstić information content (AvgIpc) is 2.29. The molecule has 0 heterocycles. The first-order chi connectivity index (χ1) is 8.33. The van der Waals surface area contributed by atoms with Gasteiger partial charge in [0.15, 0.2) is 0 Å². The third-order valence-corrected chi connectivity index (χ3v) is 3.50. The van der Waals surface area contributed by atoms with E-state index in [0.717, 1.165) is 29.2 Å². The largest absolute Gasteiger partial charge is 0.494 e. The van der Waals surface area contributed by atoms with E-state index in [0.29, 0.717) is 6.61 Å². The van der Waals surface area contributed by atoms with E-state index < -0.39 is 0 Å². The minimum absolute atomic E-state index is 0.227. The summed E-state index contributed by atoms with van der Waals surface area (Å²) >= 11 is 5.94. The van der Waals surface area contributed by atoms with Gasteiger partial charge in [0.1, 0.15) is 5.75 Å². The van der Waals surface area contributed by atoms with E-state index in [-0.39, 0.29) is 11.3 Å². The highest BCUT2D eigenvalue weighted by molar-refractivity contribution is 6.31. The van der Waals surface area contributed by atoms with Crippen molar-refractivity contribution in [3.8, 4) is 5.75 Å². The Morgan fingerprint density at radius 1 is 1.44 bits per heavy atom. The van der Waals surface area contributed by atoms with Crippen LogP contribution in [-0.2, 0) is 0 Å². The third kappa shape index (κ3) is 4.22. The van der Waals surface area contributed by atoms with Gasteiger partial charge in [-0.15, -0.1) is 0 Å². The monoisotopic (exact) mass is 268 g/mol. The summed E-state index contributed by atoms with van der Waals surface area (Å²) in [5, 5.41) is 8.22. The highest BCUT2D eigenvalue weighted by Crippen LogP contribution is 2.23. The van der Waals surface area contributed by atoms with E-state index in [1.54, 1.807) is 0 Å². The molecule has 0 radical (unpaired) electrons. The number of benzene rings is 1. The average molecular weight is 269 g/mol. The van der Waals surface area contributed by atoms with Crippen LogP contribution < -0.4 is 10.5 Å². The van der Waals surface area contributed by atoms with Crippen molar-refractivity contribution in [2.45, 2.75) is 33.6 Å². The summed E-state index contributed by atoms with van der Waals surface area (Å²) < 4.78 is 5.65. The molecule has 0 aliphatic carbocycles. The predicted octanol–water partition coefficient (Wildman–Crippen LogP) is 3.77. The lowest BCUT2D eigenvalue weighted by molar-refractivity contribution is 0.286. The normalized spacial score (nSPS) is 11.3. The summed E-state index contributed by atoms with van der Waals surface area (Å²) in [5.74, 6) is 1.06. The van der Waals surface area contributed by atoms with Crippen molar-refractivity contribution in [3.63, 3.8) is 0 Å². The number of hydrogen-bond donors (Lipinski definition) is 2. The van der Waals surface area contributed by atoms with Gasteiger partial charge in [-0.3, -0.25) is 5.41 Å². The van der Waals surface area contributed by atoms with Crippen molar-refractivity contribution in [2.75, 3.05) is 6.61 Å². The van der Waals surface area contributed by atoms with Crippen molar-refractivity contribution in [2.24, 2.45) is 11.1 Å². The molecule has 1 aromatic carbocycles. The van der Waals surface area contributed by atoms with Gasteiger partial charge >= 0.3 is 0 Å². The predicted molar refractivity (Wildman–Crippen MR) is 76.6 cm³/mol. The maximum Gasteiger partial charge on any atom is 0.119 e. The quantitative estimate of drug-likeness (QED) is 0.469. The Kier molecular flexibility index (Phi) is 5.03. The summed E-state index contributed by atoms with van der Waals surface area (Å²) in [6.45, 7) is 6.52. The highest BCUT2D eigenvalue weighted by atomic mass is 35.5. The Labute approximate surface area is 114 Å². The van der Waals surface area contributed by atoms with E-state index in [1.165, 1.54) is 0 Å². The summed E-state index contributed by atoms with van der Waals surface area (Å²) in [4.78, 5) is 0. The molecule has 3 N–H and O–H groups in total. The van der Waals surface area contributed by atoms with Crippen LogP contribution in [0.4, 0.5) is 0 Å². The number of halogens is 1. The topological polar surface area (TPSA) is 59.1 Å². The molecule has 0 saturated heterocycles. The summed E-state index contributed by atoms with van der Waals surface area (Å²) in [7, 11) is 0. The van der Waals surface area contributed by atoms with Gasteiger partial charge in [-0.1, -0.05) is 25.4 Å². The Hall–Kier alpha value is -1.22. The molecule has 4 heteroatoms. The number of amidine groups is 1. The Bertz CT molecular complexity index is 430. The van der Waals surface area contributed by atoms with Gasteiger partial charge in [-0.05, 0) is 43.5 Å². The van der Waals surface area contributed by atoms with Crippen LogP contribution in [0.15, 0.2) is 18.2 Å². The van der Waals surface area contributed by atoms with Crippen LogP contribution in [0.25, 0.3) is 0 Å². The fraction of sp³-hybridized carbons (Fsp3) is 0.500. The van der Waals surface area contributed by atoms with Crippen LogP contribution in [0, 0.1) is 17.7 Å². The number of aryl methyl sites for hydroxylation is 1. The Morgan fingerprint density at radius 3 is 2.67 bits per heavy atom. The molecule has 0 aromatic heterocycles. The van der Waals surface area contributed by atoms with Crippen molar-refractivity contribution in [3.05, 3.63) is 28.8 Å². The standard InChI is InChI=1S/C14H21ClN2O/c1-10-9-11(5-6-12(10)15)18-8-4-7-14(2,3)13(16)17/h5-6,9H,4,7-8H2,1-3H3,(H3,16,17). The minimum atomic E-state index is -0.251. The van der Waals surface area contributed by atoms with Gasteiger partial charge in [-0.2, -0.15) is 0 Å². The van der Waals surface area contributed by atoms with Crippen molar-refractivity contribution < 1.29 is 4.74 Å². The van der Waals surface area contributed by atoms with Crippen LogP contribution in [-0.4, -0.2) is 12.4 Å². The highest BCUT2D eigenvalue weighted by Gasteiger charge is 2.20. The summed E-state index contributed by atoms with van der Waals surface area (Å²) in [6.07, 6.45) is 1.71. The lowest BCUT2D eigenvalue weighted by Crippen LogP contribution is -2.31. The molecule has 1 aromatic rings. The summed E-state index contributed by atoms with van der Waals surface area (Å²) in [6, 6.07) is 5.63. The van der Waals surface area contributed by atoms with Gasteiger partial charge in [0.2, 0.25) is 0 Å². The number of ether oxygens (including phenoxy) is 1. The molecule has 100 valence electrons. The third-order valence-electron chi connectivity index (χ3n) is 3.07. The first kappa shape index (κ1) is 14.8. The second kappa shape index (κ2) is 6.10. The van der Waals surface area contributed by atoms with Crippen LogP contribution in [0.5, 0.6) is 5.75 Å². The maximum absolute atomic E-state index is 7.47. The zero-order valence-electron chi connectivity index (χ0n) is 11.2. The van der Waals surface area contributed by atoms with Crippen LogP contribution in [0.2, 0.25) is 5.02 Å². The molecule has 0 aliphatic heterocycles. The molecule has 0 aliphatic rings. The van der Waals surface area contributed by atoms with Gasteiger partial charge in [0.25, 0.3) is 0 Å². The zero-order valence-corrected chi connectivity index (χ0v) is 12.0. The number of rotatable bonds is 6. The lowest BCUT2D eigenvalue weighted by Gasteiger charge is -2.22. The van der Waals surface area contributed by atoms with Crippen LogP contribution >= 0.6 is 11.6 Å². The van der Waals surface area contributed by atoms with Gasteiger partial charge in [0, 0.05) is 10.4 Å². The van der Waals surface area contributed by atoms with Gasteiger partial charge < -0.3 is 10.5 Å². The molecule has 18 heavy (non-hydrogen) atoms. The molecule has 0 fully saturated rings. The molecule has 0 saturated carbocycles. The van der Waals surface area contributed by atoms with Crippen LogP contribution in [0.1, 0.15) is 32.3 Å². The lowest BCUT2D eigenvalue weighted by atomic mass is 9.87. The fourth-order valence-corrected chi connectivity index (χ4v) is 1.66. The Morgan fingerprint density at radius 2 is 2.11 bits per heavy atom. The molecule has 0 spiro atoms. The SMILES string of the molecule is Cc1cc(OCCCC(C)(C)C(=N)N)ccc1Cl. The van der Waals surface area contributed by atoms with E-state index in [2.05, 4.69) is 0 Å². The second-order valence-electron chi connectivity index (χ2n) is 5.16. The molecule has 0 unspecified atom stereocenters. The van der Waals surface area contributed by atoms with Crippen LogP contribution in [0.3, 0.4) is 0 Å². The van der Waals surface area contributed by atoms with Crippen molar-refractivity contribution in [1.29, 1.82) is 5.41 Å². The van der Waals surface area contributed by atoms with Crippen molar-refractivity contribution >= 4 is 17.4 Å². The molecule has 0 atom stereocenters. The molecular weight excluding hydrogens is 248 g/mol. The first-order valence-electron chi connectivity index (χ1n) is 6.06. The number of hydrogen-bond acceptors (Lipinski definition) is 2.